The van der Waals surface area contributed by atoms with Crippen LogP contribution >= 0.6 is 11.6 Å². The standard InChI is InChI=1S/C16H13ClFN3/c17-12-4-5-14-15(9-12)20-10-21-16(14)19-7-6-11-2-1-3-13(18)8-11/h1-5,8-10H,6-7H2,(H,19,20,21). The molecule has 0 amide bonds. The van der Waals surface area contributed by atoms with Gasteiger partial charge in [-0.25, -0.2) is 14.4 Å². The molecule has 3 nitrogen and oxygen atoms in total. The number of nitrogens with zero attached hydrogens (tertiary/aromatic N) is 2. The average Bonchev–Trinajstić information content (AvgIpc) is 2.47. The molecule has 3 rings (SSSR count). The van der Waals surface area contributed by atoms with Crippen molar-refractivity contribution in [2.24, 2.45) is 0 Å². The van der Waals surface area contributed by atoms with Gasteiger partial charge in [0.05, 0.1) is 5.52 Å². The summed E-state index contributed by atoms with van der Waals surface area (Å²) < 4.78 is 13.1. The summed E-state index contributed by atoms with van der Waals surface area (Å²) in [6, 6.07) is 12.1. The zero-order valence-corrected chi connectivity index (χ0v) is 11.9. The SMILES string of the molecule is Fc1cccc(CCNc2ncnc3cc(Cl)ccc23)c1. The van der Waals surface area contributed by atoms with E-state index in [9.17, 15) is 4.39 Å². The maximum atomic E-state index is 13.1. The van der Waals surface area contributed by atoms with Gasteiger partial charge in [0, 0.05) is 17.0 Å². The molecule has 21 heavy (non-hydrogen) atoms. The molecule has 5 heteroatoms. The summed E-state index contributed by atoms with van der Waals surface area (Å²) in [5.74, 6) is 0.544. The minimum atomic E-state index is -0.213. The van der Waals surface area contributed by atoms with Gasteiger partial charge in [-0.15, -0.1) is 0 Å². The minimum absolute atomic E-state index is 0.213. The normalized spacial score (nSPS) is 10.8. The summed E-state index contributed by atoms with van der Waals surface area (Å²) in [6.07, 6.45) is 2.22. The van der Waals surface area contributed by atoms with E-state index >= 15 is 0 Å². The molecule has 0 aliphatic carbocycles. The molecule has 1 aromatic heterocycles. The van der Waals surface area contributed by atoms with Crippen molar-refractivity contribution < 1.29 is 4.39 Å². The fraction of sp³-hybridized carbons (Fsp3) is 0.125. The second kappa shape index (κ2) is 6.06. The largest absolute Gasteiger partial charge is 0.369 e. The third kappa shape index (κ3) is 3.28. The lowest BCUT2D eigenvalue weighted by Crippen LogP contribution is -2.07. The van der Waals surface area contributed by atoms with Crippen LogP contribution in [0.5, 0.6) is 0 Å². The molecule has 0 fully saturated rings. The van der Waals surface area contributed by atoms with Gasteiger partial charge in [-0.05, 0) is 42.3 Å². The number of anilines is 1. The topological polar surface area (TPSA) is 37.8 Å². The first kappa shape index (κ1) is 13.8. The summed E-state index contributed by atoms with van der Waals surface area (Å²) >= 11 is 5.95. The molecule has 0 spiro atoms. The van der Waals surface area contributed by atoms with Crippen molar-refractivity contribution in [2.75, 3.05) is 11.9 Å². The second-order valence-corrected chi connectivity index (χ2v) is 5.13. The Balaban J connectivity index is 1.73. The fourth-order valence-electron chi connectivity index (χ4n) is 2.19. The zero-order valence-electron chi connectivity index (χ0n) is 11.2. The van der Waals surface area contributed by atoms with E-state index in [1.54, 1.807) is 18.2 Å². The molecule has 1 N–H and O–H groups in total. The van der Waals surface area contributed by atoms with E-state index in [-0.39, 0.29) is 5.82 Å². The van der Waals surface area contributed by atoms with Crippen molar-refractivity contribution in [3.05, 3.63) is 65.2 Å². The quantitative estimate of drug-likeness (QED) is 0.789. The number of hydrogen-bond acceptors (Lipinski definition) is 3. The summed E-state index contributed by atoms with van der Waals surface area (Å²) in [7, 11) is 0. The minimum Gasteiger partial charge on any atom is -0.369 e. The Kier molecular flexibility index (Phi) is 3.97. The van der Waals surface area contributed by atoms with Crippen LogP contribution in [0.15, 0.2) is 48.8 Å². The highest BCUT2D eigenvalue weighted by Gasteiger charge is 2.04. The third-order valence-corrected chi connectivity index (χ3v) is 3.43. The van der Waals surface area contributed by atoms with Crippen LogP contribution in [-0.2, 0) is 6.42 Å². The van der Waals surface area contributed by atoms with Gasteiger partial charge in [-0.3, -0.25) is 0 Å². The van der Waals surface area contributed by atoms with E-state index in [2.05, 4.69) is 15.3 Å². The van der Waals surface area contributed by atoms with Gasteiger partial charge >= 0.3 is 0 Å². The molecule has 0 unspecified atom stereocenters. The van der Waals surface area contributed by atoms with Crippen molar-refractivity contribution in [1.29, 1.82) is 0 Å². The summed E-state index contributed by atoms with van der Waals surface area (Å²) in [4.78, 5) is 8.44. The van der Waals surface area contributed by atoms with Gasteiger partial charge in [-0.1, -0.05) is 23.7 Å². The first-order valence-electron chi connectivity index (χ1n) is 6.61. The number of fused-ring (bicyclic) bond motifs is 1. The van der Waals surface area contributed by atoms with Gasteiger partial charge in [0.15, 0.2) is 0 Å². The molecule has 0 bridgehead atoms. The monoisotopic (exact) mass is 301 g/mol. The Morgan fingerprint density at radius 2 is 2.00 bits per heavy atom. The first-order valence-corrected chi connectivity index (χ1v) is 6.99. The molecule has 0 atom stereocenters. The van der Waals surface area contributed by atoms with Crippen molar-refractivity contribution in [3.63, 3.8) is 0 Å². The number of nitrogens with one attached hydrogen (secondary N) is 1. The highest BCUT2D eigenvalue weighted by Crippen LogP contribution is 2.22. The predicted molar refractivity (Wildman–Crippen MR) is 83.1 cm³/mol. The van der Waals surface area contributed by atoms with Crippen LogP contribution in [-0.4, -0.2) is 16.5 Å². The van der Waals surface area contributed by atoms with E-state index < -0.39 is 0 Å². The van der Waals surface area contributed by atoms with Crippen LogP contribution in [0.4, 0.5) is 10.2 Å². The maximum Gasteiger partial charge on any atom is 0.137 e. The molecular weight excluding hydrogens is 289 g/mol. The molecule has 0 radical (unpaired) electrons. The van der Waals surface area contributed by atoms with Crippen molar-refractivity contribution in [1.82, 2.24) is 9.97 Å². The van der Waals surface area contributed by atoms with Crippen LogP contribution in [0, 0.1) is 5.82 Å². The lowest BCUT2D eigenvalue weighted by Gasteiger charge is -2.08. The maximum absolute atomic E-state index is 13.1. The van der Waals surface area contributed by atoms with Crippen LogP contribution < -0.4 is 5.32 Å². The number of benzene rings is 2. The second-order valence-electron chi connectivity index (χ2n) is 4.69. The summed E-state index contributed by atoms with van der Waals surface area (Å²) in [5, 5.41) is 4.82. The Labute approximate surface area is 126 Å². The van der Waals surface area contributed by atoms with Gasteiger partial charge in [0.25, 0.3) is 0 Å². The van der Waals surface area contributed by atoms with E-state index in [4.69, 9.17) is 11.6 Å². The van der Waals surface area contributed by atoms with Gasteiger partial charge in [0.2, 0.25) is 0 Å². The average molecular weight is 302 g/mol. The molecule has 0 aliphatic rings. The molecule has 3 aromatic rings. The molecule has 0 saturated carbocycles. The van der Waals surface area contributed by atoms with E-state index in [0.717, 1.165) is 28.7 Å². The van der Waals surface area contributed by atoms with E-state index in [1.165, 1.54) is 12.4 Å². The third-order valence-electron chi connectivity index (χ3n) is 3.19. The van der Waals surface area contributed by atoms with Crippen molar-refractivity contribution in [2.45, 2.75) is 6.42 Å². The Bertz CT molecular complexity index is 776. The van der Waals surface area contributed by atoms with Gasteiger partial charge in [0.1, 0.15) is 18.0 Å². The highest BCUT2D eigenvalue weighted by molar-refractivity contribution is 6.31. The molecular formula is C16H13ClFN3. The number of hydrogen-bond donors (Lipinski definition) is 1. The molecule has 0 aliphatic heterocycles. The Hall–Kier alpha value is -2.20. The Morgan fingerprint density at radius 3 is 2.86 bits per heavy atom. The van der Waals surface area contributed by atoms with Crippen LogP contribution in [0.3, 0.4) is 0 Å². The van der Waals surface area contributed by atoms with Crippen LogP contribution in [0.1, 0.15) is 5.56 Å². The number of aromatic nitrogens is 2. The van der Waals surface area contributed by atoms with Crippen molar-refractivity contribution in [3.8, 4) is 0 Å². The number of rotatable bonds is 4. The molecule has 0 saturated heterocycles. The van der Waals surface area contributed by atoms with Crippen LogP contribution in [0.25, 0.3) is 10.9 Å². The van der Waals surface area contributed by atoms with Gasteiger partial charge < -0.3 is 5.32 Å². The first-order chi connectivity index (χ1) is 10.2. The van der Waals surface area contributed by atoms with Gasteiger partial charge in [-0.2, -0.15) is 0 Å². The van der Waals surface area contributed by atoms with E-state index in [1.807, 2.05) is 18.2 Å². The summed E-state index contributed by atoms with van der Waals surface area (Å²) in [6.45, 7) is 0.665. The molecule has 1 heterocycles. The smallest absolute Gasteiger partial charge is 0.137 e. The number of halogens is 2. The predicted octanol–water partition coefficient (Wildman–Crippen LogP) is 4.08. The van der Waals surface area contributed by atoms with Crippen molar-refractivity contribution >= 4 is 28.3 Å². The Morgan fingerprint density at radius 1 is 1.10 bits per heavy atom. The summed E-state index contributed by atoms with van der Waals surface area (Å²) in [5.41, 5.74) is 1.75. The van der Waals surface area contributed by atoms with Crippen LogP contribution in [0.2, 0.25) is 5.02 Å². The highest BCUT2D eigenvalue weighted by atomic mass is 35.5. The zero-order chi connectivity index (χ0) is 14.7. The van der Waals surface area contributed by atoms with E-state index in [0.29, 0.717) is 11.6 Å². The lowest BCUT2D eigenvalue weighted by molar-refractivity contribution is 0.625. The lowest BCUT2D eigenvalue weighted by atomic mass is 10.1. The fourth-order valence-corrected chi connectivity index (χ4v) is 2.36. The molecule has 106 valence electrons. The molecule has 2 aromatic carbocycles.